The second-order valence-corrected chi connectivity index (χ2v) is 6.28. The van der Waals surface area contributed by atoms with E-state index >= 15 is 0 Å². The monoisotopic (exact) mass is 435 g/mol. The molecule has 2 rings (SSSR count). The van der Waals surface area contributed by atoms with Gasteiger partial charge in [-0.1, -0.05) is 30.3 Å². The molecule has 0 radical (unpaired) electrons. The summed E-state index contributed by atoms with van der Waals surface area (Å²) in [6.45, 7) is 0. The topological polar surface area (TPSA) is 86.6 Å². The van der Waals surface area contributed by atoms with Crippen LogP contribution in [0, 0.1) is 0 Å². The molecule has 1 amide bonds. The van der Waals surface area contributed by atoms with E-state index in [9.17, 15) is 46.1 Å². The fourth-order valence-corrected chi connectivity index (χ4v) is 2.65. The van der Waals surface area contributed by atoms with Crippen LogP contribution in [0.5, 0.6) is 0 Å². The Morgan fingerprint density at radius 2 is 1.47 bits per heavy atom. The summed E-state index contributed by atoms with van der Waals surface area (Å²) in [5.41, 5.74) is -2.73. The van der Waals surface area contributed by atoms with Crippen molar-refractivity contribution in [2.45, 2.75) is 30.9 Å². The number of carboxylic acids is 1. The van der Waals surface area contributed by atoms with Gasteiger partial charge in [-0.15, -0.1) is 0 Å². The molecule has 11 heteroatoms. The zero-order valence-corrected chi connectivity index (χ0v) is 15.0. The molecule has 0 fully saturated rings. The molecule has 0 spiro atoms. The number of carboxylic acid groups (broad SMARTS) is 1. The third-order valence-electron chi connectivity index (χ3n) is 4.16. The number of nitrogens with one attached hydrogen (secondary N) is 1. The molecule has 2 aromatic carbocycles. The van der Waals surface area contributed by atoms with Crippen molar-refractivity contribution in [3.8, 4) is 0 Å². The van der Waals surface area contributed by atoms with E-state index in [1.165, 1.54) is 6.07 Å². The summed E-state index contributed by atoms with van der Waals surface area (Å²) in [7, 11) is 0. The number of carbonyl (C=O) groups is 2. The van der Waals surface area contributed by atoms with E-state index in [0.29, 0.717) is 12.1 Å². The number of aliphatic hydroxyl groups is 1. The number of aliphatic hydroxyl groups excluding tert-OH is 1. The van der Waals surface area contributed by atoms with Gasteiger partial charge in [0.2, 0.25) is 0 Å². The fourth-order valence-electron chi connectivity index (χ4n) is 2.65. The van der Waals surface area contributed by atoms with Crippen LogP contribution in [-0.2, 0) is 28.4 Å². The average molecular weight is 435 g/mol. The molecule has 3 N–H and O–H groups in total. The quantitative estimate of drug-likeness (QED) is 0.606. The van der Waals surface area contributed by atoms with Crippen molar-refractivity contribution in [1.29, 1.82) is 0 Å². The summed E-state index contributed by atoms with van der Waals surface area (Å²) in [6.07, 6.45) is -12.1. The fraction of sp³-hybridized carbons (Fsp3) is 0.263. The van der Waals surface area contributed by atoms with Crippen molar-refractivity contribution in [2.24, 2.45) is 0 Å². The van der Waals surface area contributed by atoms with Gasteiger partial charge in [0.05, 0.1) is 11.1 Å². The van der Waals surface area contributed by atoms with Crippen LogP contribution >= 0.6 is 0 Å². The minimum atomic E-state index is -4.75. The molecule has 2 aromatic rings. The number of aliphatic carboxylic acids is 1. The van der Waals surface area contributed by atoms with Gasteiger partial charge in [-0.25, -0.2) is 4.79 Å². The van der Waals surface area contributed by atoms with Crippen LogP contribution in [0.25, 0.3) is 0 Å². The van der Waals surface area contributed by atoms with Crippen LogP contribution in [0.1, 0.15) is 28.4 Å². The first-order valence-corrected chi connectivity index (χ1v) is 8.34. The number of rotatable bonds is 6. The first-order chi connectivity index (χ1) is 13.8. The Morgan fingerprint density at radius 1 is 0.900 bits per heavy atom. The molecule has 0 saturated carbocycles. The Labute approximate surface area is 165 Å². The Kier molecular flexibility index (Phi) is 6.76. The van der Waals surface area contributed by atoms with Crippen LogP contribution in [0.15, 0.2) is 48.5 Å². The van der Waals surface area contributed by atoms with Crippen LogP contribution in [0.2, 0.25) is 0 Å². The van der Waals surface area contributed by atoms with Crippen LogP contribution in [0.4, 0.5) is 26.3 Å². The average Bonchev–Trinajstić information content (AvgIpc) is 2.65. The van der Waals surface area contributed by atoms with Crippen molar-refractivity contribution >= 4 is 11.9 Å². The molecular formula is C19H15F6NO4. The number of alkyl halides is 6. The van der Waals surface area contributed by atoms with E-state index in [2.05, 4.69) is 0 Å². The molecule has 5 nitrogen and oxygen atoms in total. The number of amides is 1. The van der Waals surface area contributed by atoms with Crippen molar-refractivity contribution in [2.75, 3.05) is 0 Å². The zero-order chi connectivity index (χ0) is 22.7. The smallest absolute Gasteiger partial charge is 0.416 e. The molecule has 0 aromatic heterocycles. The first kappa shape index (κ1) is 23.2. The first-order valence-electron chi connectivity index (χ1n) is 8.34. The largest absolute Gasteiger partial charge is 0.480 e. The molecule has 0 aliphatic rings. The van der Waals surface area contributed by atoms with Gasteiger partial charge < -0.3 is 15.5 Å². The van der Waals surface area contributed by atoms with E-state index in [1.807, 2.05) is 5.32 Å². The van der Waals surface area contributed by atoms with Crippen molar-refractivity contribution < 1.29 is 46.1 Å². The zero-order valence-electron chi connectivity index (χ0n) is 15.0. The summed E-state index contributed by atoms with van der Waals surface area (Å²) < 4.78 is 77.0. The minimum Gasteiger partial charge on any atom is -0.480 e. The molecule has 2 atom stereocenters. The summed E-state index contributed by atoms with van der Waals surface area (Å²) >= 11 is 0. The normalized spacial score (nSPS) is 14.1. The summed E-state index contributed by atoms with van der Waals surface area (Å²) in [6, 6.07) is 5.30. The molecule has 162 valence electrons. The lowest BCUT2D eigenvalue weighted by Gasteiger charge is -2.20. The van der Waals surface area contributed by atoms with Gasteiger partial charge >= 0.3 is 18.3 Å². The predicted octanol–water partition coefficient (Wildman–Crippen LogP) is 3.57. The lowest BCUT2D eigenvalue weighted by Crippen LogP contribution is -2.44. The van der Waals surface area contributed by atoms with Gasteiger partial charge in [0.1, 0.15) is 6.04 Å². The van der Waals surface area contributed by atoms with Crippen molar-refractivity contribution in [3.63, 3.8) is 0 Å². The Bertz CT molecular complexity index is 908. The number of hydrogen-bond acceptors (Lipinski definition) is 3. The molecule has 30 heavy (non-hydrogen) atoms. The third kappa shape index (κ3) is 5.72. The molecule has 0 bridgehead atoms. The number of carbonyl (C=O) groups excluding carboxylic acids is 1. The summed E-state index contributed by atoms with van der Waals surface area (Å²) in [5.74, 6) is -2.94. The van der Waals surface area contributed by atoms with Gasteiger partial charge in [-0.3, -0.25) is 4.79 Å². The van der Waals surface area contributed by atoms with Gasteiger partial charge in [0.15, 0.2) is 6.10 Å². The predicted molar refractivity (Wildman–Crippen MR) is 91.1 cm³/mol. The Hall–Kier alpha value is -3.08. The standard InChI is InChI=1S/C19H15F6NO4/c20-18(21,22)12-7-5-10(6-8-12)15(27)16(28)26-14(17(29)30)9-11-3-1-2-4-13(11)19(23,24)25/h1-8,14-15,27H,9H2,(H,26,28)(H,29,30)/t14-,15-/m0/s1. The van der Waals surface area contributed by atoms with Crippen LogP contribution in [0.3, 0.4) is 0 Å². The molecule has 0 unspecified atom stereocenters. The minimum absolute atomic E-state index is 0.250. The van der Waals surface area contributed by atoms with Crippen molar-refractivity contribution in [3.05, 3.63) is 70.8 Å². The van der Waals surface area contributed by atoms with Crippen LogP contribution < -0.4 is 5.32 Å². The highest BCUT2D eigenvalue weighted by Crippen LogP contribution is 2.32. The SMILES string of the molecule is O=C(O)[C@H](Cc1ccccc1C(F)(F)F)NC(=O)[C@@H](O)c1ccc(C(F)(F)F)cc1. The maximum atomic E-state index is 13.1. The molecule has 0 aliphatic carbocycles. The highest BCUT2D eigenvalue weighted by Gasteiger charge is 2.35. The second kappa shape index (κ2) is 8.74. The number of hydrogen-bond donors (Lipinski definition) is 3. The van der Waals surface area contributed by atoms with E-state index in [-0.39, 0.29) is 11.1 Å². The number of halogens is 6. The van der Waals surface area contributed by atoms with E-state index in [0.717, 1.165) is 30.3 Å². The number of benzene rings is 2. The third-order valence-corrected chi connectivity index (χ3v) is 4.16. The maximum Gasteiger partial charge on any atom is 0.416 e. The van der Waals surface area contributed by atoms with Gasteiger partial charge in [-0.2, -0.15) is 26.3 Å². The summed E-state index contributed by atoms with van der Waals surface area (Å²) in [5, 5.41) is 21.2. The van der Waals surface area contributed by atoms with E-state index in [1.54, 1.807) is 0 Å². The van der Waals surface area contributed by atoms with Gasteiger partial charge in [0.25, 0.3) is 5.91 Å². The molecule has 0 heterocycles. The second-order valence-electron chi connectivity index (χ2n) is 6.28. The lowest BCUT2D eigenvalue weighted by atomic mass is 9.99. The molecular weight excluding hydrogens is 420 g/mol. The Balaban J connectivity index is 2.17. The van der Waals surface area contributed by atoms with E-state index < -0.39 is 53.9 Å². The van der Waals surface area contributed by atoms with Gasteiger partial charge in [-0.05, 0) is 29.3 Å². The highest BCUT2D eigenvalue weighted by molar-refractivity contribution is 5.87. The van der Waals surface area contributed by atoms with Crippen LogP contribution in [-0.4, -0.2) is 28.1 Å². The van der Waals surface area contributed by atoms with Gasteiger partial charge in [0, 0.05) is 6.42 Å². The Morgan fingerprint density at radius 3 is 1.97 bits per heavy atom. The highest BCUT2D eigenvalue weighted by atomic mass is 19.4. The summed E-state index contributed by atoms with van der Waals surface area (Å²) in [4.78, 5) is 23.6. The van der Waals surface area contributed by atoms with Crippen molar-refractivity contribution in [1.82, 2.24) is 5.32 Å². The maximum absolute atomic E-state index is 13.1. The molecule has 0 aliphatic heterocycles. The van der Waals surface area contributed by atoms with E-state index in [4.69, 9.17) is 0 Å². The molecule has 0 saturated heterocycles. The lowest BCUT2D eigenvalue weighted by molar-refractivity contribution is -0.144.